The normalized spacial score (nSPS) is 27.5. The van der Waals surface area contributed by atoms with Crippen molar-refractivity contribution in [3.63, 3.8) is 0 Å². The van der Waals surface area contributed by atoms with Crippen molar-refractivity contribution in [2.24, 2.45) is 5.92 Å². The molecule has 106 valence electrons. The lowest BCUT2D eigenvalue weighted by molar-refractivity contribution is -0.0562. The standard InChI is InChI=1S/C16H25NO2/c1-4-13-7-5-6-8-16(13,18)14-9-15(11-17-10-14)19-12(2)3/h9-13,18H,4-8H2,1-3H3. The van der Waals surface area contributed by atoms with E-state index in [1.54, 1.807) is 12.4 Å². The molecule has 0 aromatic carbocycles. The van der Waals surface area contributed by atoms with E-state index >= 15 is 0 Å². The lowest BCUT2D eigenvalue weighted by Gasteiger charge is -2.40. The Bertz CT molecular complexity index is 419. The Hall–Kier alpha value is -1.09. The van der Waals surface area contributed by atoms with Gasteiger partial charge in [-0.25, -0.2) is 0 Å². The molecule has 1 N–H and O–H groups in total. The third kappa shape index (κ3) is 3.08. The molecule has 1 heterocycles. The number of aromatic nitrogens is 1. The van der Waals surface area contributed by atoms with Gasteiger partial charge in [-0.15, -0.1) is 0 Å². The van der Waals surface area contributed by atoms with Crippen molar-refractivity contribution in [2.75, 3.05) is 0 Å². The Kier molecular flexibility index (Phi) is 4.46. The number of ether oxygens (including phenoxy) is 1. The summed E-state index contributed by atoms with van der Waals surface area (Å²) in [4.78, 5) is 4.24. The molecule has 0 aliphatic heterocycles. The number of aliphatic hydroxyl groups is 1. The molecule has 2 rings (SSSR count). The van der Waals surface area contributed by atoms with E-state index in [2.05, 4.69) is 11.9 Å². The Balaban J connectivity index is 2.28. The van der Waals surface area contributed by atoms with E-state index in [4.69, 9.17) is 4.74 Å². The summed E-state index contributed by atoms with van der Waals surface area (Å²) < 4.78 is 5.69. The third-order valence-electron chi connectivity index (χ3n) is 4.11. The maximum Gasteiger partial charge on any atom is 0.138 e. The molecular weight excluding hydrogens is 238 g/mol. The summed E-state index contributed by atoms with van der Waals surface area (Å²) in [7, 11) is 0. The highest BCUT2D eigenvalue weighted by Gasteiger charge is 2.39. The Morgan fingerprint density at radius 2 is 2.21 bits per heavy atom. The van der Waals surface area contributed by atoms with E-state index in [1.807, 2.05) is 19.9 Å². The van der Waals surface area contributed by atoms with E-state index in [-0.39, 0.29) is 6.10 Å². The molecule has 2 atom stereocenters. The van der Waals surface area contributed by atoms with Crippen LogP contribution in [0, 0.1) is 5.92 Å². The van der Waals surface area contributed by atoms with Gasteiger partial charge in [0.05, 0.1) is 17.9 Å². The van der Waals surface area contributed by atoms with Crippen LogP contribution in [0.2, 0.25) is 0 Å². The molecule has 19 heavy (non-hydrogen) atoms. The van der Waals surface area contributed by atoms with Crippen LogP contribution in [-0.2, 0) is 5.60 Å². The van der Waals surface area contributed by atoms with Crippen molar-refractivity contribution in [3.8, 4) is 5.75 Å². The zero-order valence-electron chi connectivity index (χ0n) is 12.2. The predicted octanol–water partition coefficient (Wildman–Crippen LogP) is 3.66. The van der Waals surface area contributed by atoms with E-state index in [1.165, 1.54) is 6.42 Å². The monoisotopic (exact) mass is 263 g/mol. The first kappa shape index (κ1) is 14.3. The topological polar surface area (TPSA) is 42.4 Å². The minimum absolute atomic E-state index is 0.125. The molecule has 1 fully saturated rings. The van der Waals surface area contributed by atoms with Gasteiger partial charge in [-0.05, 0) is 38.7 Å². The van der Waals surface area contributed by atoms with Gasteiger partial charge < -0.3 is 9.84 Å². The zero-order chi connectivity index (χ0) is 13.9. The molecule has 1 aromatic rings. The van der Waals surface area contributed by atoms with Crippen molar-refractivity contribution >= 4 is 0 Å². The van der Waals surface area contributed by atoms with Gasteiger partial charge in [0.15, 0.2) is 0 Å². The molecule has 3 nitrogen and oxygen atoms in total. The van der Waals surface area contributed by atoms with Crippen LogP contribution in [0.5, 0.6) is 5.75 Å². The number of nitrogens with zero attached hydrogens (tertiary/aromatic N) is 1. The summed E-state index contributed by atoms with van der Waals surface area (Å²) in [5.41, 5.74) is 0.188. The number of pyridine rings is 1. The Morgan fingerprint density at radius 3 is 2.89 bits per heavy atom. The summed E-state index contributed by atoms with van der Waals surface area (Å²) >= 11 is 0. The summed E-state index contributed by atoms with van der Waals surface area (Å²) in [6, 6.07) is 1.96. The smallest absolute Gasteiger partial charge is 0.138 e. The summed E-state index contributed by atoms with van der Waals surface area (Å²) in [5, 5.41) is 11.1. The van der Waals surface area contributed by atoms with Crippen LogP contribution in [0.25, 0.3) is 0 Å². The Labute approximate surface area is 116 Å². The maximum absolute atomic E-state index is 11.1. The first-order chi connectivity index (χ1) is 9.06. The van der Waals surface area contributed by atoms with Crippen LogP contribution in [0.1, 0.15) is 58.4 Å². The van der Waals surface area contributed by atoms with Crippen molar-refractivity contribution in [3.05, 3.63) is 24.0 Å². The van der Waals surface area contributed by atoms with Crippen LogP contribution < -0.4 is 4.74 Å². The van der Waals surface area contributed by atoms with Gasteiger partial charge in [0.25, 0.3) is 0 Å². The van der Waals surface area contributed by atoms with E-state index in [9.17, 15) is 5.11 Å². The van der Waals surface area contributed by atoms with Crippen LogP contribution in [0.4, 0.5) is 0 Å². The molecule has 0 saturated heterocycles. The van der Waals surface area contributed by atoms with Crippen molar-refractivity contribution < 1.29 is 9.84 Å². The van der Waals surface area contributed by atoms with Gasteiger partial charge in [0, 0.05) is 11.8 Å². The quantitative estimate of drug-likeness (QED) is 0.901. The summed E-state index contributed by atoms with van der Waals surface area (Å²) in [5.74, 6) is 1.08. The molecule has 2 unspecified atom stereocenters. The second kappa shape index (κ2) is 5.91. The van der Waals surface area contributed by atoms with E-state index in [0.717, 1.165) is 37.0 Å². The third-order valence-corrected chi connectivity index (χ3v) is 4.11. The van der Waals surface area contributed by atoms with Crippen LogP contribution in [-0.4, -0.2) is 16.2 Å². The van der Waals surface area contributed by atoms with E-state index in [0.29, 0.717) is 5.92 Å². The van der Waals surface area contributed by atoms with Crippen LogP contribution in [0.15, 0.2) is 18.5 Å². The molecule has 1 aliphatic rings. The highest BCUT2D eigenvalue weighted by molar-refractivity contribution is 5.29. The van der Waals surface area contributed by atoms with Crippen molar-refractivity contribution in [1.82, 2.24) is 4.98 Å². The van der Waals surface area contributed by atoms with Crippen LogP contribution >= 0.6 is 0 Å². The van der Waals surface area contributed by atoms with Gasteiger partial charge in [0.1, 0.15) is 5.75 Å². The maximum atomic E-state index is 11.1. The number of rotatable bonds is 4. The fourth-order valence-electron chi connectivity index (χ4n) is 3.14. The van der Waals surface area contributed by atoms with E-state index < -0.39 is 5.60 Å². The van der Waals surface area contributed by atoms with Crippen molar-refractivity contribution in [1.29, 1.82) is 0 Å². The highest BCUT2D eigenvalue weighted by atomic mass is 16.5. The fourth-order valence-corrected chi connectivity index (χ4v) is 3.14. The van der Waals surface area contributed by atoms with Gasteiger partial charge >= 0.3 is 0 Å². The van der Waals surface area contributed by atoms with Gasteiger partial charge in [-0.2, -0.15) is 0 Å². The predicted molar refractivity (Wildman–Crippen MR) is 76.1 cm³/mol. The van der Waals surface area contributed by atoms with Crippen molar-refractivity contribution in [2.45, 2.75) is 64.6 Å². The second-order valence-electron chi connectivity index (χ2n) is 5.85. The number of hydrogen-bond acceptors (Lipinski definition) is 3. The lowest BCUT2D eigenvalue weighted by Crippen LogP contribution is -2.37. The molecule has 1 aliphatic carbocycles. The average molecular weight is 263 g/mol. The second-order valence-corrected chi connectivity index (χ2v) is 5.85. The minimum Gasteiger partial charge on any atom is -0.489 e. The molecule has 0 spiro atoms. The van der Waals surface area contributed by atoms with Gasteiger partial charge in [-0.1, -0.05) is 26.2 Å². The zero-order valence-corrected chi connectivity index (χ0v) is 12.2. The summed E-state index contributed by atoms with van der Waals surface area (Å²) in [6.07, 6.45) is 8.88. The fraction of sp³-hybridized carbons (Fsp3) is 0.688. The molecule has 3 heteroatoms. The van der Waals surface area contributed by atoms with Crippen LogP contribution in [0.3, 0.4) is 0 Å². The van der Waals surface area contributed by atoms with Gasteiger partial charge in [-0.3, -0.25) is 4.98 Å². The highest BCUT2D eigenvalue weighted by Crippen LogP contribution is 2.43. The minimum atomic E-state index is -0.726. The lowest BCUT2D eigenvalue weighted by atomic mass is 9.71. The van der Waals surface area contributed by atoms with Gasteiger partial charge in [0.2, 0.25) is 0 Å². The largest absolute Gasteiger partial charge is 0.489 e. The molecule has 0 bridgehead atoms. The molecule has 1 saturated carbocycles. The molecule has 0 amide bonds. The number of hydrogen-bond donors (Lipinski definition) is 1. The molecule has 1 aromatic heterocycles. The average Bonchev–Trinajstić information content (AvgIpc) is 2.39. The Morgan fingerprint density at radius 1 is 1.42 bits per heavy atom. The summed E-state index contributed by atoms with van der Waals surface area (Å²) in [6.45, 7) is 6.15. The SMILES string of the molecule is CCC1CCCCC1(O)c1cncc(OC(C)C)c1. The molecular formula is C16H25NO2. The first-order valence-electron chi connectivity index (χ1n) is 7.41. The first-order valence-corrected chi connectivity index (χ1v) is 7.41. The molecule has 0 radical (unpaired) electrons.